The van der Waals surface area contributed by atoms with Gasteiger partial charge in [-0.3, -0.25) is 4.79 Å². The molecular weight excluding hydrogens is 393 g/mol. The third-order valence-corrected chi connectivity index (χ3v) is 4.97. The van der Waals surface area contributed by atoms with Gasteiger partial charge < -0.3 is 5.21 Å². The van der Waals surface area contributed by atoms with Crippen molar-refractivity contribution < 1.29 is 9.13 Å². The molecule has 4 aromatic rings. The van der Waals surface area contributed by atoms with E-state index in [1.165, 1.54) is 18.3 Å². The van der Waals surface area contributed by atoms with E-state index >= 15 is 0 Å². The Kier molecular flexibility index (Phi) is 5.15. The molecule has 0 saturated carbocycles. The minimum Gasteiger partial charge on any atom is -0.623 e. The molecule has 4 rings (SSSR count). The van der Waals surface area contributed by atoms with Crippen LogP contribution in [-0.2, 0) is 0 Å². The summed E-state index contributed by atoms with van der Waals surface area (Å²) >= 11 is 0. The zero-order chi connectivity index (χ0) is 22.2. The fourth-order valence-electron chi connectivity index (χ4n) is 3.28. The highest BCUT2D eigenvalue weighted by Gasteiger charge is 2.19. The molecule has 6 heteroatoms. The first-order valence-electron chi connectivity index (χ1n) is 9.94. The predicted octanol–water partition coefficient (Wildman–Crippen LogP) is 4.92. The third-order valence-electron chi connectivity index (χ3n) is 4.97. The second-order valence-corrected chi connectivity index (χ2v) is 8.31. The van der Waals surface area contributed by atoms with Crippen molar-refractivity contribution >= 4 is 17.0 Å². The van der Waals surface area contributed by atoms with Gasteiger partial charge in [-0.2, -0.15) is 9.78 Å². The molecule has 0 N–H and O–H groups in total. The number of halogens is 1. The summed E-state index contributed by atoms with van der Waals surface area (Å²) in [5.41, 5.74) is 1.07. The standard InChI is InChI=1S/C25H22FN3O2/c1-25(2,3)28(31)16-17-9-8-10-18(15-17)23-19-11-4-5-12-20(19)24(30)29(27-23)22-14-7-6-13-21(22)26/h4-16H,1-3H3. The zero-order valence-corrected chi connectivity index (χ0v) is 17.5. The van der Waals surface area contributed by atoms with Crippen LogP contribution in [0.25, 0.3) is 27.7 Å². The molecule has 1 heterocycles. The zero-order valence-electron chi connectivity index (χ0n) is 17.5. The molecule has 0 unspecified atom stereocenters. The maximum absolute atomic E-state index is 14.5. The van der Waals surface area contributed by atoms with Crippen LogP contribution >= 0.6 is 0 Å². The highest BCUT2D eigenvalue weighted by Crippen LogP contribution is 2.26. The molecule has 0 amide bonds. The summed E-state index contributed by atoms with van der Waals surface area (Å²) in [4.78, 5) is 13.1. The number of hydrogen-bond donors (Lipinski definition) is 0. The number of para-hydroxylation sites is 1. The van der Waals surface area contributed by atoms with Crippen molar-refractivity contribution in [2.75, 3.05) is 0 Å². The first-order chi connectivity index (χ1) is 14.8. The minimum atomic E-state index is -0.570. The SMILES string of the molecule is CC(C)(C)[N+]([O-])=Cc1cccc(-c2nn(-c3ccccc3F)c(=O)c3ccccc23)c1. The van der Waals surface area contributed by atoms with E-state index in [0.29, 0.717) is 22.0 Å². The van der Waals surface area contributed by atoms with E-state index in [2.05, 4.69) is 5.10 Å². The molecule has 0 spiro atoms. The third kappa shape index (κ3) is 3.97. The van der Waals surface area contributed by atoms with Crippen LogP contribution in [0.2, 0.25) is 0 Å². The Hall–Kier alpha value is -3.80. The maximum atomic E-state index is 14.5. The molecule has 5 nitrogen and oxygen atoms in total. The van der Waals surface area contributed by atoms with Gasteiger partial charge in [-0.1, -0.05) is 42.5 Å². The van der Waals surface area contributed by atoms with Crippen LogP contribution in [0.15, 0.2) is 77.6 Å². The first-order valence-corrected chi connectivity index (χ1v) is 9.94. The van der Waals surface area contributed by atoms with E-state index in [4.69, 9.17) is 0 Å². The van der Waals surface area contributed by atoms with Crippen molar-refractivity contribution in [3.05, 3.63) is 99.7 Å². The van der Waals surface area contributed by atoms with Crippen molar-refractivity contribution in [1.29, 1.82) is 0 Å². The molecule has 0 aliphatic rings. The highest BCUT2D eigenvalue weighted by atomic mass is 19.1. The van der Waals surface area contributed by atoms with Crippen LogP contribution < -0.4 is 5.56 Å². The molecule has 0 saturated heterocycles. The van der Waals surface area contributed by atoms with Crippen molar-refractivity contribution in [2.24, 2.45) is 0 Å². The van der Waals surface area contributed by atoms with E-state index in [0.717, 1.165) is 15.0 Å². The molecular formula is C25H22FN3O2. The molecule has 3 aromatic carbocycles. The molecule has 1 aromatic heterocycles. The average molecular weight is 415 g/mol. The summed E-state index contributed by atoms with van der Waals surface area (Å²) in [5, 5.41) is 18.0. The number of rotatable bonds is 3. The Bertz CT molecular complexity index is 1370. The van der Waals surface area contributed by atoms with Gasteiger partial charge in [0.2, 0.25) is 0 Å². The number of fused-ring (bicyclic) bond motifs is 1. The lowest BCUT2D eigenvalue weighted by molar-refractivity contribution is -0.530. The Morgan fingerprint density at radius 3 is 2.35 bits per heavy atom. The summed E-state index contributed by atoms with van der Waals surface area (Å²) in [5.74, 6) is -0.535. The molecule has 0 aliphatic heterocycles. The van der Waals surface area contributed by atoms with Gasteiger partial charge in [0.25, 0.3) is 5.56 Å². The minimum absolute atomic E-state index is 0.0840. The normalized spacial score (nSPS) is 12.3. The van der Waals surface area contributed by atoms with Gasteiger partial charge in [0.05, 0.1) is 11.1 Å². The van der Waals surface area contributed by atoms with E-state index in [9.17, 15) is 14.4 Å². The highest BCUT2D eigenvalue weighted by molar-refractivity contribution is 5.94. The fraction of sp³-hybridized carbons (Fsp3) is 0.160. The van der Waals surface area contributed by atoms with Crippen molar-refractivity contribution in [3.8, 4) is 16.9 Å². The van der Waals surface area contributed by atoms with Gasteiger partial charge in [-0.25, -0.2) is 9.13 Å². The van der Waals surface area contributed by atoms with Crippen LogP contribution in [0.4, 0.5) is 4.39 Å². The van der Waals surface area contributed by atoms with Gasteiger partial charge in [0.15, 0.2) is 11.8 Å². The van der Waals surface area contributed by atoms with Crippen molar-refractivity contribution in [1.82, 2.24) is 9.78 Å². The Morgan fingerprint density at radius 2 is 1.65 bits per heavy atom. The summed E-state index contributed by atoms with van der Waals surface area (Å²) in [6, 6.07) is 20.5. The van der Waals surface area contributed by atoms with Crippen molar-refractivity contribution in [2.45, 2.75) is 26.3 Å². The lowest BCUT2D eigenvalue weighted by Crippen LogP contribution is -2.29. The largest absolute Gasteiger partial charge is 0.623 e. The van der Waals surface area contributed by atoms with E-state index < -0.39 is 16.9 Å². The van der Waals surface area contributed by atoms with E-state index in [1.807, 2.05) is 57.2 Å². The fourth-order valence-corrected chi connectivity index (χ4v) is 3.28. The number of nitrogens with zero attached hydrogens (tertiary/aromatic N) is 3. The van der Waals surface area contributed by atoms with Crippen LogP contribution in [0.1, 0.15) is 26.3 Å². The van der Waals surface area contributed by atoms with Crippen LogP contribution in [0.5, 0.6) is 0 Å². The summed E-state index contributed by atoms with van der Waals surface area (Å²) in [6.45, 7) is 5.50. The Morgan fingerprint density at radius 1 is 0.968 bits per heavy atom. The van der Waals surface area contributed by atoms with Gasteiger partial charge in [-0.15, -0.1) is 0 Å². The van der Waals surface area contributed by atoms with Crippen LogP contribution in [-0.4, -0.2) is 26.3 Å². The van der Waals surface area contributed by atoms with Gasteiger partial charge in [-0.05, 0) is 30.3 Å². The molecule has 0 aliphatic carbocycles. The summed E-state index contributed by atoms with van der Waals surface area (Å²) in [6.07, 6.45) is 1.53. The Labute approximate surface area is 179 Å². The first kappa shape index (κ1) is 20.5. The molecule has 0 bridgehead atoms. The number of hydrogen-bond acceptors (Lipinski definition) is 3. The van der Waals surface area contributed by atoms with Crippen LogP contribution in [0.3, 0.4) is 0 Å². The topological polar surface area (TPSA) is 61.0 Å². The number of aromatic nitrogens is 2. The van der Waals surface area contributed by atoms with Gasteiger partial charge in [0, 0.05) is 37.3 Å². The monoisotopic (exact) mass is 415 g/mol. The number of hydroxylamine groups is 1. The second kappa shape index (κ2) is 7.80. The summed E-state index contributed by atoms with van der Waals surface area (Å²) in [7, 11) is 0. The second-order valence-electron chi connectivity index (χ2n) is 8.31. The Balaban J connectivity index is 1.97. The average Bonchev–Trinajstić information content (AvgIpc) is 2.74. The molecule has 0 fully saturated rings. The van der Waals surface area contributed by atoms with E-state index in [-0.39, 0.29) is 5.69 Å². The molecule has 0 radical (unpaired) electrons. The summed E-state index contributed by atoms with van der Waals surface area (Å²) < 4.78 is 16.5. The molecule has 0 atom stereocenters. The predicted molar refractivity (Wildman–Crippen MR) is 121 cm³/mol. The number of benzene rings is 3. The smallest absolute Gasteiger partial charge is 0.279 e. The van der Waals surface area contributed by atoms with Crippen LogP contribution in [0, 0.1) is 11.0 Å². The molecule has 31 heavy (non-hydrogen) atoms. The quantitative estimate of drug-likeness (QED) is 0.207. The van der Waals surface area contributed by atoms with Gasteiger partial charge >= 0.3 is 0 Å². The van der Waals surface area contributed by atoms with E-state index in [1.54, 1.807) is 24.3 Å². The lowest BCUT2D eigenvalue weighted by Gasteiger charge is -2.18. The van der Waals surface area contributed by atoms with Gasteiger partial charge in [0.1, 0.15) is 11.5 Å². The van der Waals surface area contributed by atoms with Crippen molar-refractivity contribution in [3.63, 3.8) is 0 Å². The lowest BCUT2D eigenvalue weighted by atomic mass is 10.0. The maximum Gasteiger partial charge on any atom is 0.279 e. The molecule has 156 valence electrons.